The molecule has 5 nitrogen and oxygen atoms in total. The van der Waals surface area contributed by atoms with Crippen molar-refractivity contribution in [1.82, 2.24) is 15.2 Å². The van der Waals surface area contributed by atoms with Crippen LogP contribution < -0.4 is 10.6 Å². The summed E-state index contributed by atoms with van der Waals surface area (Å²) in [6.45, 7) is 6.15. The van der Waals surface area contributed by atoms with Crippen LogP contribution in [0.1, 0.15) is 29.4 Å². The number of aromatic nitrogens is 1. The first kappa shape index (κ1) is 14.8. The fourth-order valence-electron chi connectivity index (χ4n) is 2.75. The number of anilines is 1. The predicted octanol–water partition coefficient (Wildman–Crippen LogP) is 1.50. The molecule has 2 atom stereocenters. The van der Waals surface area contributed by atoms with E-state index >= 15 is 0 Å². The lowest BCUT2D eigenvalue weighted by atomic mass is 9.94. The van der Waals surface area contributed by atoms with Crippen molar-refractivity contribution in [1.29, 1.82) is 0 Å². The second-order valence-electron chi connectivity index (χ2n) is 5.74. The number of carbonyl (C=O) groups is 1. The summed E-state index contributed by atoms with van der Waals surface area (Å²) < 4.78 is 0. The summed E-state index contributed by atoms with van der Waals surface area (Å²) in [5, 5.41) is 6.15. The smallest absolute Gasteiger partial charge is 0.251 e. The van der Waals surface area contributed by atoms with Crippen molar-refractivity contribution in [3.8, 4) is 0 Å². The summed E-state index contributed by atoms with van der Waals surface area (Å²) in [7, 11) is 3.93. The number of pyridine rings is 1. The van der Waals surface area contributed by atoms with E-state index in [2.05, 4.69) is 34.5 Å². The molecule has 110 valence electrons. The molecule has 20 heavy (non-hydrogen) atoms. The molecule has 0 radical (unpaired) electrons. The molecule has 2 heterocycles. The monoisotopic (exact) mass is 276 g/mol. The van der Waals surface area contributed by atoms with Gasteiger partial charge in [-0.3, -0.25) is 4.79 Å². The van der Waals surface area contributed by atoms with E-state index in [1.807, 2.05) is 20.0 Å². The SMILES string of the molecule is CNc1cc(C(=O)NC2CCN(C)CC2C)cc(C)n1. The topological polar surface area (TPSA) is 57.3 Å². The Morgan fingerprint density at radius 3 is 2.85 bits per heavy atom. The van der Waals surface area contributed by atoms with Crippen molar-refractivity contribution >= 4 is 11.7 Å². The molecule has 2 N–H and O–H groups in total. The van der Waals surface area contributed by atoms with Crippen molar-refractivity contribution in [2.24, 2.45) is 5.92 Å². The number of amides is 1. The van der Waals surface area contributed by atoms with Gasteiger partial charge in [-0.2, -0.15) is 0 Å². The van der Waals surface area contributed by atoms with Gasteiger partial charge in [0.15, 0.2) is 0 Å². The Morgan fingerprint density at radius 1 is 1.45 bits per heavy atom. The summed E-state index contributed by atoms with van der Waals surface area (Å²) in [5.41, 5.74) is 1.52. The first-order valence-electron chi connectivity index (χ1n) is 7.15. The van der Waals surface area contributed by atoms with Crippen LogP contribution in [0, 0.1) is 12.8 Å². The van der Waals surface area contributed by atoms with Crippen LogP contribution in [0.3, 0.4) is 0 Å². The van der Waals surface area contributed by atoms with Gasteiger partial charge in [0.2, 0.25) is 0 Å². The molecule has 1 aliphatic rings. The average molecular weight is 276 g/mol. The van der Waals surface area contributed by atoms with E-state index in [1.165, 1.54) is 0 Å². The summed E-state index contributed by atoms with van der Waals surface area (Å²) in [5.74, 6) is 1.20. The van der Waals surface area contributed by atoms with Crippen LogP contribution in [0.4, 0.5) is 5.82 Å². The Kier molecular flexibility index (Phi) is 4.60. The van der Waals surface area contributed by atoms with Crippen LogP contribution in [0.15, 0.2) is 12.1 Å². The molecule has 0 saturated carbocycles. The summed E-state index contributed by atoms with van der Waals surface area (Å²) in [6.07, 6.45) is 1.01. The maximum Gasteiger partial charge on any atom is 0.251 e. The quantitative estimate of drug-likeness (QED) is 0.878. The molecule has 0 bridgehead atoms. The van der Waals surface area contributed by atoms with E-state index in [1.54, 1.807) is 6.07 Å². The Balaban J connectivity index is 2.06. The van der Waals surface area contributed by atoms with Gasteiger partial charge in [-0.15, -0.1) is 0 Å². The third kappa shape index (κ3) is 3.48. The number of hydrogen-bond donors (Lipinski definition) is 2. The van der Waals surface area contributed by atoms with Gasteiger partial charge in [0.05, 0.1) is 0 Å². The summed E-state index contributed by atoms with van der Waals surface area (Å²) >= 11 is 0. The van der Waals surface area contributed by atoms with E-state index in [9.17, 15) is 4.79 Å². The zero-order chi connectivity index (χ0) is 14.7. The lowest BCUT2D eigenvalue weighted by Gasteiger charge is -2.35. The average Bonchev–Trinajstić information content (AvgIpc) is 2.41. The van der Waals surface area contributed by atoms with Crippen LogP contribution in [0.5, 0.6) is 0 Å². The summed E-state index contributed by atoms with van der Waals surface area (Å²) in [4.78, 5) is 19.0. The van der Waals surface area contributed by atoms with Crippen LogP contribution in [0.25, 0.3) is 0 Å². The largest absolute Gasteiger partial charge is 0.373 e. The fourth-order valence-corrected chi connectivity index (χ4v) is 2.75. The van der Waals surface area contributed by atoms with Gasteiger partial charge in [0.1, 0.15) is 5.82 Å². The third-order valence-corrected chi connectivity index (χ3v) is 3.90. The Hall–Kier alpha value is -1.62. The highest BCUT2D eigenvalue weighted by atomic mass is 16.1. The van der Waals surface area contributed by atoms with Crippen LogP contribution in [-0.2, 0) is 0 Å². The number of piperidine rings is 1. The van der Waals surface area contributed by atoms with Gasteiger partial charge in [-0.1, -0.05) is 6.92 Å². The molecule has 5 heteroatoms. The number of nitrogens with zero attached hydrogens (tertiary/aromatic N) is 2. The van der Waals surface area contributed by atoms with E-state index in [0.717, 1.165) is 31.0 Å². The number of aryl methyl sites for hydroxylation is 1. The predicted molar refractivity (Wildman–Crippen MR) is 81.1 cm³/mol. The maximum absolute atomic E-state index is 12.4. The van der Waals surface area contributed by atoms with Crippen molar-refractivity contribution in [2.45, 2.75) is 26.3 Å². The van der Waals surface area contributed by atoms with Crippen LogP contribution in [0.2, 0.25) is 0 Å². The number of hydrogen-bond acceptors (Lipinski definition) is 4. The van der Waals surface area contributed by atoms with Gasteiger partial charge < -0.3 is 15.5 Å². The number of nitrogens with one attached hydrogen (secondary N) is 2. The van der Waals surface area contributed by atoms with Gasteiger partial charge >= 0.3 is 0 Å². The number of rotatable bonds is 3. The van der Waals surface area contributed by atoms with Crippen LogP contribution >= 0.6 is 0 Å². The lowest BCUT2D eigenvalue weighted by Crippen LogP contribution is -2.48. The molecule has 1 amide bonds. The highest BCUT2D eigenvalue weighted by molar-refractivity contribution is 5.95. The van der Waals surface area contributed by atoms with E-state index in [0.29, 0.717) is 11.5 Å². The molecule has 1 saturated heterocycles. The Bertz CT molecular complexity index is 489. The van der Waals surface area contributed by atoms with E-state index < -0.39 is 0 Å². The van der Waals surface area contributed by atoms with E-state index in [-0.39, 0.29) is 11.9 Å². The molecule has 1 aliphatic heterocycles. The molecule has 0 aliphatic carbocycles. The lowest BCUT2D eigenvalue weighted by molar-refractivity contribution is 0.0883. The first-order valence-corrected chi connectivity index (χ1v) is 7.15. The highest BCUT2D eigenvalue weighted by Crippen LogP contribution is 2.17. The second-order valence-corrected chi connectivity index (χ2v) is 5.74. The van der Waals surface area contributed by atoms with Gasteiger partial charge in [-0.25, -0.2) is 4.98 Å². The molecule has 2 unspecified atom stereocenters. The molecule has 1 aromatic heterocycles. The Labute approximate surface area is 120 Å². The van der Waals surface area contributed by atoms with Crippen molar-refractivity contribution < 1.29 is 4.79 Å². The first-order chi connectivity index (χ1) is 9.49. The zero-order valence-electron chi connectivity index (χ0n) is 12.7. The van der Waals surface area contributed by atoms with Gasteiger partial charge in [-0.05, 0) is 45.0 Å². The molecule has 0 aromatic carbocycles. The normalized spacial score (nSPS) is 23.4. The summed E-state index contributed by atoms with van der Waals surface area (Å²) in [6, 6.07) is 3.88. The van der Waals surface area contributed by atoms with E-state index in [4.69, 9.17) is 0 Å². The van der Waals surface area contributed by atoms with Gasteiger partial charge in [0, 0.05) is 30.9 Å². The molecule has 0 spiro atoms. The molecule has 2 rings (SSSR count). The zero-order valence-corrected chi connectivity index (χ0v) is 12.7. The third-order valence-electron chi connectivity index (χ3n) is 3.90. The standard InChI is InChI=1S/C15H24N4O/c1-10-9-19(4)6-5-13(10)18-15(20)12-7-11(2)17-14(8-12)16-3/h7-8,10,13H,5-6,9H2,1-4H3,(H,16,17)(H,18,20). The van der Waals surface area contributed by atoms with Crippen molar-refractivity contribution in [2.75, 3.05) is 32.5 Å². The minimum Gasteiger partial charge on any atom is -0.373 e. The van der Waals surface area contributed by atoms with Crippen LogP contribution in [-0.4, -0.2) is 49.0 Å². The second kappa shape index (κ2) is 6.22. The Morgan fingerprint density at radius 2 is 2.20 bits per heavy atom. The van der Waals surface area contributed by atoms with Crippen molar-refractivity contribution in [3.63, 3.8) is 0 Å². The molecule has 1 aromatic rings. The molecule has 1 fully saturated rings. The minimum atomic E-state index is -0.00611. The molecular weight excluding hydrogens is 252 g/mol. The number of carbonyl (C=O) groups excluding carboxylic acids is 1. The van der Waals surface area contributed by atoms with Gasteiger partial charge in [0.25, 0.3) is 5.91 Å². The van der Waals surface area contributed by atoms with Crippen molar-refractivity contribution in [3.05, 3.63) is 23.4 Å². The fraction of sp³-hybridized carbons (Fsp3) is 0.600. The maximum atomic E-state index is 12.4. The minimum absolute atomic E-state index is 0.00611. The molecular formula is C15H24N4O. The number of likely N-dealkylation sites (tertiary alicyclic amines) is 1. The highest BCUT2D eigenvalue weighted by Gasteiger charge is 2.25.